The summed E-state index contributed by atoms with van der Waals surface area (Å²) in [5, 5.41) is 5.27. The lowest BCUT2D eigenvalue weighted by molar-refractivity contribution is 0.273. The number of thioether (sulfide) groups is 1. The molecule has 1 aliphatic heterocycles. The average molecular weight is 301 g/mol. The van der Waals surface area contributed by atoms with Gasteiger partial charge in [-0.2, -0.15) is 11.8 Å². The van der Waals surface area contributed by atoms with Gasteiger partial charge in [-0.25, -0.2) is 4.98 Å². The van der Waals surface area contributed by atoms with Crippen molar-refractivity contribution >= 4 is 28.5 Å². The number of hydrogen-bond acceptors (Lipinski definition) is 4. The molecule has 2 aromatic rings. The molecule has 0 aliphatic carbocycles. The summed E-state index contributed by atoms with van der Waals surface area (Å²) in [6.45, 7) is 5.65. The van der Waals surface area contributed by atoms with Crippen molar-refractivity contribution in [3.8, 4) is 0 Å². The Hall–Kier alpha value is -1.26. The Balaban J connectivity index is 1.85. The van der Waals surface area contributed by atoms with Crippen molar-refractivity contribution in [3.05, 3.63) is 35.9 Å². The van der Waals surface area contributed by atoms with Crippen LogP contribution >= 0.6 is 11.8 Å². The fourth-order valence-corrected chi connectivity index (χ4v) is 4.16. The Labute approximate surface area is 131 Å². The summed E-state index contributed by atoms with van der Waals surface area (Å²) in [5.41, 5.74) is 2.36. The van der Waals surface area contributed by atoms with E-state index in [0.717, 1.165) is 23.1 Å². The van der Waals surface area contributed by atoms with Gasteiger partial charge >= 0.3 is 0 Å². The van der Waals surface area contributed by atoms with Gasteiger partial charge in [-0.15, -0.1) is 0 Å². The van der Waals surface area contributed by atoms with Gasteiger partial charge in [-0.3, -0.25) is 4.90 Å². The average Bonchev–Trinajstić information content (AvgIpc) is 2.54. The van der Waals surface area contributed by atoms with Gasteiger partial charge in [0, 0.05) is 48.6 Å². The van der Waals surface area contributed by atoms with Crippen LogP contribution in [0.15, 0.2) is 30.3 Å². The molecule has 0 bridgehead atoms. The number of para-hydroxylation sites is 1. The number of rotatable bonds is 4. The van der Waals surface area contributed by atoms with E-state index in [1.165, 1.54) is 36.2 Å². The first kappa shape index (κ1) is 14.7. The summed E-state index contributed by atoms with van der Waals surface area (Å²) in [6.07, 6.45) is 1.26. The SMILES string of the molecule is CCC1CN(Cc2cc3ccccc3nc2NC)CCS1. The van der Waals surface area contributed by atoms with E-state index < -0.39 is 0 Å². The summed E-state index contributed by atoms with van der Waals surface area (Å²) in [4.78, 5) is 7.32. The maximum absolute atomic E-state index is 4.76. The predicted molar refractivity (Wildman–Crippen MR) is 93.1 cm³/mol. The minimum absolute atomic E-state index is 0.783. The van der Waals surface area contributed by atoms with Crippen LogP contribution in [0.3, 0.4) is 0 Å². The van der Waals surface area contributed by atoms with Crippen molar-refractivity contribution in [2.24, 2.45) is 0 Å². The van der Waals surface area contributed by atoms with Gasteiger partial charge in [0.15, 0.2) is 0 Å². The first-order valence-electron chi connectivity index (χ1n) is 7.70. The molecule has 4 heteroatoms. The highest BCUT2D eigenvalue weighted by molar-refractivity contribution is 8.00. The number of fused-ring (bicyclic) bond motifs is 1. The zero-order valence-electron chi connectivity index (χ0n) is 12.8. The molecule has 1 atom stereocenters. The number of aromatic nitrogens is 1. The van der Waals surface area contributed by atoms with Gasteiger partial charge < -0.3 is 5.32 Å². The lowest BCUT2D eigenvalue weighted by atomic mass is 10.1. The van der Waals surface area contributed by atoms with Crippen LogP contribution in [0.25, 0.3) is 10.9 Å². The largest absolute Gasteiger partial charge is 0.373 e. The van der Waals surface area contributed by atoms with E-state index in [-0.39, 0.29) is 0 Å². The first-order chi connectivity index (χ1) is 10.3. The fraction of sp³-hybridized carbons (Fsp3) is 0.471. The molecule has 3 nitrogen and oxygen atoms in total. The summed E-state index contributed by atoms with van der Waals surface area (Å²) in [6, 6.07) is 10.6. The summed E-state index contributed by atoms with van der Waals surface area (Å²) < 4.78 is 0. The molecule has 1 N–H and O–H groups in total. The highest BCUT2D eigenvalue weighted by Crippen LogP contribution is 2.25. The van der Waals surface area contributed by atoms with Gasteiger partial charge in [0.1, 0.15) is 5.82 Å². The number of nitrogens with one attached hydrogen (secondary N) is 1. The van der Waals surface area contributed by atoms with Crippen molar-refractivity contribution < 1.29 is 0 Å². The summed E-state index contributed by atoms with van der Waals surface area (Å²) >= 11 is 2.12. The van der Waals surface area contributed by atoms with E-state index in [0.29, 0.717) is 0 Å². The molecule has 1 aromatic heterocycles. The number of hydrogen-bond donors (Lipinski definition) is 1. The van der Waals surface area contributed by atoms with Crippen molar-refractivity contribution in [1.29, 1.82) is 0 Å². The Morgan fingerprint density at radius 3 is 3.05 bits per heavy atom. The van der Waals surface area contributed by atoms with E-state index in [1.807, 2.05) is 13.1 Å². The Morgan fingerprint density at radius 2 is 2.24 bits per heavy atom. The zero-order valence-corrected chi connectivity index (χ0v) is 13.6. The van der Waals surface area contributed by atoms with Crippen molar-refractivity contribution in [2.45, 2.75) is 25.1 Å². The molecule has 1 unspecified atom stereocenters. The summed E-state index contributed by atoms with van der Waals surface area (Å²) in [5.74, 6) is 2.26. The van der Waals surface area contributed by atoms with Gasteiger partial charge in [0.25, 0.3) is 0 Å². The van der Waals surface area contributed by atoms with Crippen LogP contribution in [0.5, 0.6) is 0 Å². The molecule has 3 rings (SSSR count). The lowest BCUT2D eigenvalue weighted by Gasteiger charge is -2.32. The first-order valence-corrected chi connectivity index (χ1v) is 8.75. The summed E-state index contributed by atoms with van der Waals surface area (Å²) in [7, 11) is 1.96. The molecule has 112 valence electrons. The van der Waals surface area contributed by atoms with Gasteiger partial charge in [-0.05, 0) is 18.6 Å². The second-order valence-electron chi connectivity index (χ2n) is 5.57. The second-order valence-corrected chi connectivity index (χ2v) is 6.98. The molecule has 0 spiro atoms. The van der Waals surface area contributed by atoms with Crippen LogP contribution in [0.4, 0.5) is 5.82 Å². The topological polar surface area (TPSA) is 28.2 Å². The predicted octanol–water partition coefficient (Wildman–Crippen LogP) is 3.60. The van der Waals surface area contributed by atoms with Gasteiger partial charge in [0.05, 0.1) is 5.52 Å². The molecule has 21 heavy (non-hydrogen) atoms. The van der Waals surface area contributed by atoms with E-state index in [4.69, 9.17) is 4.98 Å². The maximum Gasteiger partial charge on any atom is 0.130 e. The second kappa shape index (κ2) is 6.67. The molecule has 1 aliphatic rings. The van der Waals surface area contributed by atoms with Crippen molar-refractivity contribution in [2.75, 3.05) is 31.2 Å². The van der Waals surface area contributed by atoms with Crippen LogP contribution in [0, 0.1) is 0 Å². The molecule has 0 saturated carbocycles. The zero-order chi connectivity index (χ0) is 14.7. The molecule has 0 radical (unpaired) electrons. The molecule has 1 fully saturated rings. The highest BCUT2D eigenvalue weighted by atomic mass is 32.2. The smallest absolute Gasteiger partial charge is 0.130 e. The van der Waals surface area contributed by atoms with Crippen LogP contribution in [0.2, 0.25) is 0 Å². The van der Waals surface area contributed by atoms with E-state index >= 15 is 0 Å². The van der Waals surface area contributed by atoms with E-state index in [9.17, 15) is 0 Å². The number of benzene rings is 1. The van der Waals surface area contributed by atoms with Crippen LogP contribution < -0.4 is 5.32 Å². The Morgan fingerprint density at radius 1 is 1.38 bits per heavy atom. The number of anilines is 1. The minimum Gasteiger partial charge on any atom is -0.373 e. The number of pyridine rings is 1. The maximum atomic E-state index is 4.76. The third kappa shape index (κ3) is 3.33. The molecule has 1 aromatic carbocycles. The number of nitrogens with zero attached hydrogens (tertiary/aromatic N) is 2. The molecule has 2 heterocycles. The third-order valence-electron chi connectivity index (χ3n) is 4.11. The molecule has 1 saturated heterocycles. The molecule has 0 amide bonds. The van der Waals surface area contributed by atoms with E-state index in [2.05, 4.69) is 53.2 Å². The van der Waals surface area contributed by atoms with Gasteiger partial charge in [-0.1, -0.05) is 25.1 Å². The Bertz CT molecular complexity index is 614. The monoisotopic (exact) mass is 301 g/mol. The fourth-order valence-electron chi connectivity index (χ4n) is 2.91. The van der Waals surface area contributed by atoms with Crippen LogP contribution in [-0.4, -0.2) is 41.0 Å². The normalized spacial score (nSPS) is 19.8. The standard InChI is InChI=1S/C17H23N3S/c1-3-15-12-20(8-9-21-15)11-14-10-13-6-4-5-7-16(13)19-17(14)18-2/h4-7,10,15H,3,8-9,11-12H2,1-2H3,(H,18,19). The van der Waals surface area contributed by atoms with Gasteiger partial charge in [0.2, 0.25) is 0 Å². The van der Waals surface area contributed by atoms with Crippen molar-refractivity contribution in [1.82, 2.24) is 9.88 Å². The van der Waals surface area contributed by atoms with Crippen LogP contribution in [0.1, 0.15) is 18.9 Å². The van der Waals surface area contributed by atoms with Crippen LogP contribution in [-0.2, 0) is 6.54 Å². The highest BCUT2D eigenvalue weighted by Gasteiger charge is 2.20. The lowest BCUT2D eigenvalue weighted by Crippen LogP contribution is -2.37. The van der Waals surface area contributed by atoms with Crippen molar-refractivity contribution in [3.63, 3.8) is 0 Å². The Kier molecular flexibility index (Phi) is 4.66. The quantitative estimate of drug-likeness (QED) is 0.934. The third-order valence-corrected chi connectivity index (χ3v) is 5.48. The van der Waals surface area contributed by atoms with E-state index in [1.54, 1.807) is 0 Å². The molecular formula is C17H23N3S. The minimum atomic E-state index is 0.783. The molecular weight excluding hydrogens is 278 g/mol.